The zero-order valence-corrected chi connectivity index (χ0v) is 11.1. The van der Waals surface area contributed by atoms with Gasteiger partial charge in [0, 0.05) is 18.6 Å². The van der Waals surface area contributed by atoms with E-state index in [0.29, 0.717) is 6.04 Å². The number of anilines is 1. The molecule has 2 unspecified atom stereocenters. The summed E-state index contributed by atoms with van der Waals surface area (Å²) in [5.41, 5.74) is 8.01. The van der Waals surface area contributed by atoms with Crippen LogP contribution in [0.25, 0.3) is 0 Å². The highest BCUT2D eigenvalue weighted by molar-refractivity contribution is 5.46. The monoisotopic (exact) mass is 233 g/mol. The van der Waals surface area contributed by atoms with Gasteiger partial charge in [0.15, 0.2) is 0 Å². The van der Waals surface area contributed by atoms with Crippen LogP contribution in [0.5, 0.6) is 0 Å². The minimum atomic E-state index is 0.0155. The van der Waals surface area contributed by atoms with Crippen molar-refractivity contribution in [2.75, 3.05) is 11.4 Å². The first-order valence-corrected chi connectivity index (χ1v) is 6.56. The summed E-state index contributed by atoms with van der Waals surface area (Å²) in [7, 11) is 0. The topological polar surface area (TPSA) is 42.1 Å². The molecule has 3 nitrogen and oxygen atoms in total. The Kier molecular flexibility index (Phi) is 3.67. The van der Waals surface area contributed by atoms with E-state index in [1.807, 2.05) is 19.2 Å². The van der Waals surface area contributed by atoms with Crippen LogP contribution in [0.2, 0.25) is 0 Å². The average Bonchev–Trinajstić information content (AvgIpc) is 2.32. The molecule has 1 aromatic heterocycles. The van der Waals surface area contributed by atoms with Gasteiger partial charge in [0.05, 0.1) is 17.6 Å². The summed E-state index contributed by atoms with van der Waals surface area (Å²) in [6.45, 7) is 7.72. The number of hydrogen-bond acceptors (Lipinski definition) is 3. The van der Waals surface area contributed by atoms with Gasteiger partial charge >= 0.3 is 0 Å². The highest BCUT2D eigenvalue weighted by atomic mass is 15.2. The van der Waals surface area contributed by atoms with Crippen LogP contribution in [-0.4, -0.2) is 17.6 Å². The average molecular weight is 233 g/mol. The van der Waals surface area contributed by atoms with Gasteiger partial charge in [-0.1, -0.05) is 6.92 Å². The molecule has 3 atom stereocenters. The first-order valence-electron chi connectivity index (χ1n) is 6.56. The Morgan fingerprint density at radius 2 is 2.12 bits per heavy atom. The van der Waals surface area contributed by atoms with E-state index < -0.39 is 0 Å². The summed E-state index contributed by atoms with van der Waals surface area (Å²) in [5, 5.41) is 0. The van der Waals surface area contributed by atoms with E-state index in [9.17, 15) is 0 Å². The summed E-state index contributed by atoms with van der Waals surface area (Å²) in [5.74, 6) is 0.777. The first kappa shape index (κ1) is 12.4. The smallest absolute Gasteiger partial charge is 0.0569 e. The van der Waals surface area contributed by atoms with Crippen molar-refractivity contribution in [1.82, 2.24) is 4.98 Å². The lowest BCUT2D eigenvalue weighted by atomic mass is 9.94. The molecular formula is C14H23N3. The molecule has 1 fully saturated rings. The first-order chi connectivity index (χ1) is 8.08. The van der Waals surface area contributed by atoms with Crippen molar-refractivity contribution in [2.24, 2.45) is 11.7 Å². The predicted molar refractivity (Wildman–Crippen MR) is 72.0 cm³/mol. The normalized spacial score (nSPS) is 26.9. The van der Waals surface area contributed by atoms with E-state index >= 15 is 0 Å². The zero-order chi connectivity index (χ0) is 12.4. The highest BCUT2D eigenvalue weighted by Gasteiger charge is 2.23. The molecule has 1 aliphatic rings. The highest BCUT2D eigenvalue weighted by Crippen LogP contribution is 2.27. The molecule has 0 radical (unpaired) electrons. The Balaban J connectivity index is 2.15. The largest absolute Gasteiger partial charge is 0.367 e. The maximum Gasteiger partial charge on any atom is 0.0569 e. The lowest BCUT2D eigenvalue weighted by molar-refractivity contribution is 0.390. The van der Waals surface area contributed by atoms with Crippen LogP contribution < -0.4 is 10.6 Å². The lowest BCUT2D eigenvalue weighted by Gasteiger charge is -2.38. The van der Waals surface area contributed by atoms with Crippen LogP contribution in [0.3, 0.4) is 0 Å². The second kappa shape index (κ2) is 5.05. The van der Waals surface area contributed by atoms with Crippen molar-refractivity contribution >= 4 is 5.69 Å². The molecule has 3 heteroatoms. The minimum absolute atomic E-state index is 0.0155. The third kappa shape index (κ3) is 2.78. The van der Waals surface area contributed by atoms with Gasteiger partial charge in [0.2, 0.25) is 0 Å². The fourth-order valence-electron chi connectivity index (χ4n) is 2.49. The van der Waals surface area contributed by atoms with Gasteiger partial charge in [0.1, 0.15) is 0 Å². The molecule has 2 N–H and O–H groups in total. The molecular weight excluding hydrogens is 210 g/mol. The number of hydrogen-bond donors (Lipinski definition) is 1. The Labute approximate surface area is 104 Å². The second-order valence-electron chi connectivity index (χ2n) is 5.41. The fourth-order valence-corrected chi connectivity index (χ4v) is 2.49. The van der Waals surface area contributed by atoms with Gasteiger partial charge in [0.25, 0.3) is 0 Å². The molecule has 0 spiro atoms. The number of pyridine rings is 1. The SMILES string of the molecule is CC1CCC(C)N(c2ccc([C@@H](C)N)nc2)C1. The molecule has 0 aliphatic carbocycles. The summed E-state index contributed by atoms with van der Waals surface area (Å²) in [6.07, 6.45) is 4.58. The summed E-state index contributed by atoms with van der Waals surface area (Å²) >= 11 is 0. The molecule has 94 valence electrons. The van der Waals surface area contributed by atoms with E-state index in [1.54, 1.807) is 0 Å². The Hall–Kier alpha value is -1.09. The van der Waals surface area contributed by atoms with Gasteiger partial charge in [-0.05, 0) is 44.7 Å². The van der Waals surface area contributed by atoms with E-state index in [2.05, 4.69) is 29.8 Å². The third-order valence-electron chi connectivity index (χ3n) is 3.69. The minimum Gasteiger partial charge on any atom is -0.367 e. The molecule has 0 aromatic carbocycles. The van der Waals surface area contributed by atoms with E-state index in [4.69, 9.17) is 5.73 Å². The molecule has 0 bridgehead atoms. The molecule has 0 amide bonds. The Bertz CT molecular complexity index is 358. The molecule has 1 saturated heterocycles. The van der Waals surface area contributed by atoms with Crippen molar-refractivity contribution in [3.8, 4) is 0 Å². The van der Waals surface area contributed by atoms with Gasteiger partial charge in [-0.3, -0.25) is 4.98 Å². The van der Waals surface area contributed by atoms with Crippen molar-refractivity contribution in [3.63, 3.8) is 0 Å². The Morgan fingerprint density at radius 3 is 2.71 bits per heavy atom. The molecule has 2 heterocycles. The van der Waals surface area contributed by atoms with E-state index in [-0.39, 0.29) is 6.04 Å². The predicted octanol–water partition coefficient (Wildman–Crippen LogP) is 2.73. The van der Waals surface area contributed by atoms with Gasteiger partial charge in [-0.2, -0.15) is 0 Å². The molecule has 0 saturated carbocycles. The fraction of sp³-hybridized carbons (Fsp3) is 0.643. The second-order valence-corrected chi connectivity index (χ2v) is 5.41. The number of aromatic nitrogens is 1. The van der Waals surface area contributed by atoms with Crippen LogP contribution in [-0.2, 0) is 0 Å². The van der Waals surface area contributed by atoms with Gasteiger partial charge in [-0.25, -0.2) is 0 Å². The quantitative estimate of drug-likeness (QED) is 0.854. The van der Waals surface area contributed by atoms with E-state index in [1.165, 1.54) is 18.5 Å². The standard InChI is InChI=1S/C14H23N3/c1-10-4-5-11(2)17(9-10)13-6-7-14(12(3)15)16-8-13/h6-8,10-12H,4-5,9,15H2,1-3H3/t10?,11?,12-/m1/s1. The summed E-state index contributed by atoms with van der Waals surface area (Å²) in [4.78, 5) is 6.91. The molecule has 1 aromatic rings. The lowest BCUT2D eigenvalue weighted by Crippen LogP contribution is -2.41. The number of nitrogens with two attached hydrogens (primary N) is 1. The van der Waals surface area contributed by atoms with E-state index in [0.717, 1.165) is 18.2 Å². The van der Waals surface area contributed by atoms with Gasteiger partial charge < -0.3 is 10.6 Å². The van der Waals surface area contributed by atoms with Crippen molar-refractivity contribution in [1.29, 1.82) is 0 Å². The van der Waals surface area contributed by atoms with Crippen molar-refractivity contribution in [3.05, 3.63) is 24.0 Å². The van der Waals surface area contributed by atoms with Crippen molar-refractivity contribution < 1.29 is 0 Å². The van der Waals surface area contributed by atoms with Crippen LogP contribution in [0.1, 0.15) is 45.3 Å². The van der Waals surface area contributed by atoms with Crippen LogP contribution in [0.4, 0.5) is 5.69 Å². The molecule has 2 rings (SSSR count). The van der Waals surface area contributed by atoms with Crippen LogP contribution in [0, 0.1) is 5.92 Å². The molecule has 17 heavy (non-hydrogen) atoms. The maximum absolute atomic E-state index is 5.82. The van der Waals surface area contributed by atoms with Crippen LogP contribution >= 0.6 is 0 Å². The van der Waals surface area contributed by atoms with Gasteiger partial charge in [-0.15, -0.1) is 0 Å². The van der Waals surface area contributed by atoms with Crippen molar-refractivity contribution in [2.45, 2.75) is 45.7 Å². The summed E-state index contributed by atoms with van der Waals surface area (Å²) in [6, 6.07) is 4.84. The zero-order valence-electron chi connectivity index (χ0n) is 11.1. The third-order valence-corrected chi connectivity index (χ3v) is 3.69. The summed E-state index contributed by atoms with van der Waals surface area (Å²) < 4.78 is 0. The maximum atomic E-state index is 5.82. The number of piperidine rings is 1. The van der Waals surface area contributed by atoms with Crippen LogP contribution in [0.15, 0.2) is 18.3 Å². The Morgan fingerprint density at radius 1 is 1.35 bits per heavy atom. The molecule has 1 aliphatic heterocycles. The number of rotatable bonds is 2. The number of nitrogens with zero attached hydrogens (tertiary/aromatic N) is 2.